The summed E-state index contributed by atoms with van der Waals surface area (Å²) >= 11 is 0. The highest BCUT2D eigenvalue weighted by Gasteiger charge is 2.39. The number of Topliss-reactive ketones (excluding diaryl/α,β-unsaturated/α-hetero) is 1. The van der Waals surface area contributed by atoms with E-state index in [4.69, 9.17) is 0 Å². The molecule has 2 heterocycles. The van der Waals surface area contributed by atoms with Crippen LogP contribution in [0.3, 0.4) is 0 Å². The molecular weight excluding hydrogens is 343 g/mol. The van der Waals surface area contributed by atoms with Crippen molar-refractivity contribution in [3.8, 4) is 0 Å². The molecule has 27 heavy (non-hydrogen) atoms. The lowest BCUT2D eigenvalue weighted by Gasteiger charge is -2.35. The molecule has 0 fully saturated rings. The van der Waals surface area contributed by atoms with Gasteiger partial charge in [-0.1, -0.05) is 42.5 Å². The van der Waals surface area contributed by atoms with Gasteiger partial charge >= 0.3 is 0 Å². The molecule has 0 spiro atoms. The molecule has 2 atom stereocenters. The van der Waals surface area contributed by atoms with Crippen molar-refractivity contribution in [3.05, 3.63) is 89.1 Å². The van der Waals surface area contributed by atoms with E-state index >= 15 is 0 Å². The van der Waals surface area contributed by atoms with Crippen LogP contribution in [0.2, 0.25) is 0 Å². The molecule has 6 heteroatoms. The van der Waals surface area contributed by atoms with Gasteiger partial charge in [-0.2, -0.15) is 10.1 Å². The molecule has 1 aliphatic carbocycles. The van der Waals surface area contributed by atoms with Gasteiger partial charge in [0.15, 0.2) is 5.78 Å². The molecule has 1 aromatic heterocycles. The fraction of sp³-hybridized carbons (Fsp3) is 0.190. The van der Waals surface area contributed by atoms with Gasteiger partial charge in [0.05, 0.1) is 0 Å². The Morgan fingerprint density at radius 1 is 1.00 bits per heavy atom. The lowest BCUT2D eigenvalue weighted by molar-refractivity contribution is -0.116. The van der Waals surface area contributed by atoms with Crippen molar-refractivity contribution < 1.29 is 9.18 Å². The first-order valence-electron chi connectivity index (χ1n) is 8.94. The number of benzene rings is 2. The van der Waals surface area contributed by atoms with Gasteiger partial charge in [0.25, 0.3) is 0 Å². The van der Waals surface area contributed by atoms with Crippen molar-refractivity contribution in [3.63, 3.8) is 0 Å². The smallest absolute Gasteiger partial charge is 0.226 e. The summed E-state index contributed by atoms with van der Waals surface area (Å²) in [4.78, 5) is 17.5. The second-order valence-corrected chi connectivity index (χ2v) is 6.94. The Hall–Kier alpha value is -3.28. The van der Waals surface area contributed by atoms with Gasteiger partial charge in [-0.25, -0.2) is 9.07 Å². The number of rotatable bonds is 2. The number of nitrogens with one attached hydrogen (secondary N) is 1. The van der Waals surface area contributed by atoms with E-state index in [1.54, 1.807) is 16.8 Å². The zero-order valence-corrected chi connectivity index (χ0v) is 14.5. The first-order chi connectivity index (χ1) is 13.2. The molecule has 134 valence electrons. The molecule has 1 aliphatic heterocycles. The normalized spacial score (nSPS) is 21.4. The largest absolute Gasteiger partial charge is 0.328 e. The molecule has 2 unspecified atom stereocenters. The predicted molar refractivity (Wildman–Crippen MR) is 98.6 cm³/mol. The number of hydrogen-bond donors (Lipinski definition) is 1. The highest BCUT2D eigenvalue weighted by Crippen LogP contribution is 2.43. The molecule has 2 aliphatic rings. The van der Waals surface area contributed by atoms with E-state index in [1.165, 1.54) is 18.5 Å². The van der Waals surface area contributed by atoms with E-state index in [1.807, 2.05) is 30.3 Å². The van der Waals surface area contributed by atoms with E-state index in [-0.39, 0.29) is 23.6 Å². The van der Waals surface area contributed by atoms with Crippen LogP contribution < -0.4 is 5.32 Å². The summed E-state index contributed by atoms with van der Waals surface area (Å²) in [7, 11) is 0. The Kier molecular flexibility index (Phi) is 3.63. The number of aromatic nitrogens is 3. The first-order valence-corrected chi connectivity index (χ1v) is 8.94. The van der Waals surface area contributed by atoms with Crippen LogP contribution in [0, 0.1) is 5.82 Å². The Bertz CT molecular complexity index is 1040. The van der Waals surface area contributed by atoms with E-state index in [0.29, 0.717) is 18.8 Å². The highest BCUT2D eigenvalue weighted by molar-refractivity contribution is 6.00. The Morgan fingerprint density at radius 2 is 1.78 bits per heavy atom. The number of halogens is 1. The summed E-state index contributed by atoms with van der Waals surface area (Å²) in [5.41, 5.74) is 3.61. The molecule has 0 saturated heterocycles. The van der Waals surface area contributed by atoms with Crippen LogP contribution in [-0.4, -0.2) is 20.5 Å². The number of anilines is 1. The quantitative estimate of drug-likeness (QED) is 0.754. The lowest BCUT2D eigenvalue weighted by atomic mass is 9.78. The van der Waals surface area contributed by atoms with Crippen LogP contribution in [0.4, 0.5) is 10.3 Å². The third kappa shape index (κ3) is 2.65. The average molecular weight is 360 g/mol. The van der Waals surface area contributed by atoms with Crippen LogP contribution >= 0.6 is 0 Å². The zero-order chi connectivity index (χ0) is 18.4. The summed E-state index contributed by atoms with van der Waals surface area (Å²) < 4.78 is 15.0. The maximum atomic E-state index is 13.3. The number of nitrogens with zero attached hydrogens (tertiary/aromatic N) is 3. The number of allylic oxidation sites excluding steroid dienone is 2. The molecule has 1 N–H and O–H groups in total. The van der Waals surface area contributed by atoms with E-state index < -0.39 is 0 Å². The van der Waals surface area contributed by atoms with Gasteiger partial charge in [-0.15, -0.1) is 0 Å². The Balaban J connectivity index is 1.58. The average Bonchev–Trinajstić information content (AvgIpc) is 3.15. The van der Waals surface area contributed by atoms with Crippen LogP contribution in [0.1, 0.15) is 35.9 Å². The lowest BCUT2D eigenvalue weighted by Crippen LogP contribution is -2.33. The van der Waals surface area contributed by atoms with Crippen molar-refractivity contribution in [2.75, 3.05) is 5.32 Å². The standard InChI is InChI=1S/C21H17FN4O/c22-16-8-6-13(7-9-16)15-10-17-19(18(27)11-15)20(14-4-2-1-3-5-14)26-21(25-17)23-12-24-26/h1-9,12,15,20H,10-11H2,(H,23,24,25). The maximum absolute atomic E-state index is 13.3. The van der Waals surface area contributed by atoms with Crippen LogP contribution in [0.5, 0.6) is 0 Å². The van der Waals surface area contributed by atoms with Crippen molar-refractivity contribution in [2.45, 2.75) is 24.8 Å². The van der Waals surface area contributed by atoms with Crippen LogP contribution in [-0.2, 0) is 4.79 Å². The molecule has 5 nitrogen and oxygen atoms in total. The Labute approximate surface area is 155 Å². The highest BCUT2D eigenvalue weighted by atomic mass is 19.1. The maximum Gasteiger partial charge on any atom is 0.226 e. The third-order valence-corrected chi connectivity index (χ3v) is 5.32. The monoisotopic (exact) mass is 360 g/mol. The summed E-state index contributed by atoms with van der Waals surface area (Å²) in [5.74, 6) is 0.479. The molecular formula is C21H17FN4O. The van der Waals surface area contributed by atoms with E-state index in [0.717, 1.165) is 22.4 Å². The summed E-state index contributed by atoms with van der Waals surface area (Å²) in [6.45, 7) is 0. The van der Waals surface area contributed by atoms with Gasteiger partial charge in [-0.3, -0.25) is 4.79 Å². The summed E-state index contributed by atoms with van der Waals surface area (Å²) in [6.07, 6.45) is 2.58. The van der Waals surface area contributed by atoms with Gasteiger partial charge in [-0.05, 0) is 35.6 Å². The van der Waals surface area contributed by atoms with Crippen molar-refractivity contribution in [1.82, 2.24) is 14.8 Å². The van der Waals surface area contributed by atoms with E-state index in [9.17, 15) is 9.18 Å². The topological polar surface area (TPSA) is 59.8 Å². The molecule has 0 bridgehead atoms. The SMILES string of the molecule is O=C1CC(c2ccc(F)cc2)CC2=C1C(c1ccccc1)n1ncnc1N2. The first kappa shape index (κ1) is 15.9. The van der Waals surface area contributed by atoms with E-state index in [2.05, 4.69) is 15.4 Å². The second-order valence-electron chi connectivity index (χ2n) is 6.94. The number of carbonyl (C=O) groups excluding carboxylic acids is 1. The minimum Gasteiger partial charge on any atom is -0.328 e. The summed E-state index contributed by atoms with van der Waals surface area (Å²) in [6, 6.07) is 16.0. The van der Waals surface area contributed by atoms with Gasteiger partial charge < -0.3 is 5.32 Å². The second kappa shape index (κ2) is 6.16. The van der Waals surface area contributed by atoms with Gasteiger partial charge in [0.1, 0.15) is 18.2 Å². The minimum atomic E-state index is -0.276. The van der Waals surface area contributed by atoms with Crippen molar-refractivity contribution >= 4 is 11.7 Å². The number of ketones is 1. The summed E-state index contributed by atoms with van der Waals surface area (Å²) in [5, 5.41) is 7.64. The molecule has 3 aromatic rings. The zero-order valence-electron chi connectivity index (χ0n) is 14.5. The van der Waals surface area contributed by atoms with Crippen molar-refractivity contribution in [1.29, 1.82) is 0 Å². The fourth-order valence-electron chi connectivity index (χ4n) is 4.07. The van der Waals surface area contributed by atoms with Gasteiger partial charge in [0.2, 0.25) is 5.95 Å². The van der Waals surface area contributed by atoms with Gasteiger partial charge in [0, 0.05) is 17.7 Å². The number of hydrogen-bond acceptors (Lipinski definition) is 4. The minimum absolute atomic E-state index is 0.0234. The molecule has 0 radical (unpaired) electrons. The molecule has 5 rings (SSSR count). The fourth-order valence-corrected chi connectivity index (χ4v) is 4.07. The number of carbonyl (C=O) groups is 1. The molecule has 0 amide bonds. The molecule has 0 saturated carbocycles. The molecule has 2 aromatic carbocycles. The third-order valence-electron chi connectivity index (χ3n) is 5.32. The van der Waals surface area contributed by atoms with Crippen LogP contribution in [0.25, 0.3) is 0 Å². The number of fused-ring (bicyclic) bond motifs is 1. The predicted octanol–water partition coefficient (Wildman–Crippen LogP) is 3.83. The van der Waals surface area contributed by atoms with Crippen LogP contribution in [0.15, 0.2) is 72.2 Å². The Morgan fingerprint density at radius 3 is 2.56 bits per heavy atom. The van der Waals surface area contributed by atoms with Crippen molar-refractivity contribution in [2.24, 2.45) is 0 Å².